The molecule has 2 atom stereocenters. The fourth-order valence-corrected chi connectivity index (χ4v) is 5.27. The molecule has 0 heterocycles. The number of nitrogens with one attached hydrogen (secondary N) is 1. The normalized spacial score (nSPS) is 12.7. The van der Waals surface area contributed by atoms with Gasteiger partial charge in [0.1, 0.15) is 12.6 Å². The quantitative estimate of drug-likeness (QED) is 0.266. The number of rotatable bonds is 12. The van der Waals surface area contributed by atoms with Crippen LogP contribution in [-0.4, -0.2) is 48.7 Å². The van der Waals surface area contributed by atoms with Gasteiger partial charge in [-0.15, -0.1) is 0 Å². The second-order valence-electron chi connectivity index (χ2n) is 9.10. The van der Waals surface area contributed by atoms with E-state index in [1.165, 1.54) is 35.2 Å². The van der Waals surface area contributed by atoms with Crippen molar-refractivity contribution < 1.29 is 22.9 Å². The van der Waals surface area contributed by atoms with E-state index < -0.39 is 33.4 Å². The van der Waals surface area contributed by atoms with Crippen molar-refractivity contribution >= 4 is 33.2 Å². The monoisotopic (exact) mass is 552 g/mol. The molecule has 0 aromatic heterocycles. The van der Waals surface area contributed by atoms with Crippen molar-refractivity contribution in [1.82, 2.24) is 10.2 Å². The fourth-order valence-electron chi connectivity index (χ4n) is 3.84. The topological polar surface area (TPSA) is 130 Å². The third-order valence-electron chi connectivity index (χ3n) is 6.30. The highest BCUT2D eigenvalue weighted by atomic mass is 32.2. The molecule has 0 unspecified atom stereocenters. The smallest absolute Gasteiger partial charge is 0.271 e. The molecule has 0 spiro atoms. The van der Waals surface area contributed by atoms with Gasteiger partial charge in [0.05, 0.1) is 15.5 Å². The molecule has 0 bridgehead atoms. The summed E-state index contributed by atoms with van der Waals surface area (Å²) in [6.45, 7) is 4.75. The summed E-state index contributed by atoms with van der Waals surface area (Å²) in [4.78, 5) is 38.9. The number of carbonyl (C=O) groups excluding carboxylic acids is 2. The summed E-state index contributed by atoms with van der Waals surface area (Å²) in [6, 6.07) is 20.6. The lowest BCUT2D eigenvalue weighted by atomic mass is 10.1. The number of sulfonamides is 1. The van der Waals surface area contributed by atoms with Gasteiger partial charge in [0.2, 0.25) is 11.8 Å². The number of nitro benzene ring substituents is 1. The van der Waals surface area contributed by atoms with E-state index in [0.717, 1.165) is 15.9 Å². The lowest BCUT2D eigenvalue weighted by Crippen LogP contribution is -2.52. The SMILES string of the molecule is CC[C@@H](C)NC(=O)[C@H](C)N(Cc1ccccc1)C(=O)CN(c1cccc([N+](=O)[O-])c1)S(=O)(=O)c1ccccc1. The second-order valence-corrected chi connectivity index (χ2v) is 11.0. The predicted molar refractivity (Wildman–Crippen MR) is 148 cm³/mol. The zero-order chi connectivity index (χ0) is 28.6. The number of nitrogens with zero attached hydrogens (tertiary/aromatic N) is 3. The molecule has 3 aromatic rings. The van der Waals surface area contributed by atoms with Crippen LogP contribution in [0.5, 0.6) is 0 Å². The number of anilines is 1. The predicted octanol–water partition coefficient (Wildman–Crippen LogP) is 4.12. The van der Waals surface area contributed by atoms with Crippen LogP contribution in [0.3, 0.4) is 0 Å². The molecule has 11 heteroatoms. The van der Waals surface area contributed by atoms with Gasteiger partial charge < -0.3 is 10.2 Å². The first kappa shape index (κ1) is 29.3. The van der Waals surface area contributed by atoms with Gasteiger partial charge in [-0.25, -0.2) is 8.42 Å². The summed E-state index contributed by atoms with van der Waals surface area (Å²) in [5.41, 5.74) is 0.385. The molecule has 10 nitrogen and oxygen atoms in total. The van der Waals surface area contributed by atoms with Crippen LogP contribution in [0.1, 0.15) is 32.8 Å². The van der Waals surface area contributed by atoms with Gasteiger partial charge in [0.25, 0.3) is 15.7 Å². The van der Waals surface area contributed by atoms with Crippen LogP contribution < -0.4 is 9.62 Å². The van der Waals surface area contributed by atoms with Gasteiger partial charge in [-0.3, -0.25) is 24.0 Å². The average molecular weight is 553 g/mol. The molecule has 0 radical (unpaired) electrons. The molecular formula is C28H32N4O6S. The Hall–Kier alpha value is -4.25. The lowest BCUT2D eigenvalue weighted by Gasteiger charge is -2.32. The molecule has 39 heavy (non-hydrogen) atoms. The number of benzene rings is 3. The van der Waals surface area contributed by atoms with Crippen LogP contribution >= 0.6 is 0 Å². The van der Waals surface area contributed by atoms with Gasteiger partial charge in [0.15, 0.2) is 0 Å². The van der Waals surface area contributed by atoms with Crippen LogP contribution in [0.25, 0.3) is 0 Å². The molecule has 1 N–H and O–H groups in total. The Morgan fingerprint density at radius 1 is 0.949 bits per heavy atom. The Morgan fingerprint density at radius 2 is 1.56 bits per heavy atom. The van der Waals surface area contributed by atoms with Gasteiger partial charge in [0, 0.05) is 24.7 Å². The van der Waals surface area contributed by atoms with Gasteiger partial charge in [-0.2, -0.15) is 0 Å². The highest BCUT2D eigenvalue weighted by Gasteiger charge is 2.33. The van der Waals surface area contributed by atoms with E-state index in [4.69, 9.17) is 0 Å². The lowest BCUT2D eigenvalue weighted by molar-refractivity contribution is -0.384. The van der Waals surface area contributed by atoms with Crippen molar-refractivity contribution in [3.8, 4) is 0 Å². The van der Waals surface area contributed by atoms with Crippen LogP contribution in [0.4, 0.5) is 11.4 Å². The van der Waals surface area contributed by atoms with Crippen molar-refractivity contribution in [3.05, 3.63) is 101 Å². The zero-order valence-corrected chi connectivity index (χ0v) is 22.9. The molecular weight excluding hydrogens is 520 g/mol. The number of hydrogen-bond acceptors (Lipinski definition) is 6. The highest BCUT2D eigenvalue weighted by Crippen LogP contribution is 2.27. The van der Waals surface area contributed by atoms with E-state index >= 15 is 0 Å². The largest absolute Gasteiger partial charge is 0.352 e. The molecule has 0 fully saturated rings. The van der Waals surface area contributed by atoms with Crippen LogP contribution in [0.2, 0.25) is 0 Å². The maximum absolute atomic E-state index is 13.8. The Balaban J connectivity index is 2.04. The van der Waals surface area contributed by atoms with Gasteiger partial charge >= 0.3 is 0 Å². The molecule has 0 aliphatic carbocycles. The van der Waals surface area contributed by atoms with Crippen LogP contribution in [0.15, 0.2) is 89.8 Å². The van der Waals surface area contributed by atoms with E-state index in [1.807, 2.05) is 19.9 Å². The fraction of sp³-hybridized carbons (Fsp3) is 0.286. The third-order valence-corrected chi connectivity index (χ3v) is 8.09. The summed E-state index contributed by atoms with van der Waals surface area (Å²) in [6.07, 6.45) is 0.695. The van der Waals surface area contributed by atoms with Crippen molar-refractivity contribution in [2.45, 2.75) is 50.7 Å². The van der Waals surface area contributed by atoms with Crippen molar-refractivity contribution in [2.75, 3.05) is 10.8 Å². The number of nitro groups is 1. The van der Waals surface area contributed by atoms with Crippen LogP contribution in [0, 0.1) is 10.1 Å². The Bertz CT molecular complexity index is 1400. The molecule has 0 aliphatic rings. The highest BCUT2D eigenvalue weighted by molar-refractivity contribution is 7.92. The molecule has 2 amide bonds. The van der Waals surface area contributed by atoms with E-state index in [0.29, 0.717) is 6.42 Å². The summed E-state index contributed by atoms with van der Waals surface area (Å²) in [7, 11) is -4.30. The minimum atomic E-state index is -4.30. The molecule has 3 rings (SSSR count). The Kier molecular flexibility index (Phi) is 9.78. The summed E-state index contributed by atoms with van der Waals surface area (Å²) in [5.74, 6) is -1.02. The number of amides is 2. The zero-order valence-electron chi connectivity index (χ0n) is 22.1. The van der Waals surface area contributed by atoms with E-state index in [2.05, 4.69) is 5.32 Å². The van der Waals surface area contributed by atoms with E-state index in [-0.39, 0.29) is 34.8 Å². The third kappa shape index (κ3) is 7.41. The molecule has 0 saturated carbocycles. The minimum absolute atomic E-state index is 0.0437. The maximum Gasteiger partial charge on any atom is 0.271 e. The molecule has 206 valence electrons. The van der Waals surface area contributed by atoms with Gasteiger partial charge in [-0.05, 0) is 44.0 Å². The van der Waals surface area contributed by atoms with Crippen molar-refractivity contribution in [2.24, 2.45) is 0 Å². The number of non-ortho nitro benzene ring substituents is 1. The summed E-state index contributed by atoms with van der Waals surface area (Å²) in [5, 5.41) is 14.3. The Labute approximate surface area is 228 Å². The number of hydrogen-bond donors (Lipinski definition) is 1. The van der Waals surface area contributed by atoms with Crippen molar-refractivity contribution in [3.63, 3.8) is 0 Å². The van der Waals surface area contributed by atoms with E-state index in [1.54, 1.807) is 49.4 Å². The first-order valence-electron chi connectivity index (χ1n) is 12.5. The first-order chi connectivity index (χ1) is 18.5. The average Bonchev–Trinajstić information content (AvgIpc) is 2.94. The van der Waals surface area contributed by atoms with E-state index in [9.17, 15) is 28.1 Å². The maximum atomic E-state index is 13.8. The summed E-state index contributed by atoms with van der Waals surface area (Å²) >= 11 is 0. The molecule has 3 aromatic carbocycles. The minimum Gasteiger partial charge on any atom is -0.352 e. The van der Waals surface area contributed by atoms with Crippen molar-refractivity contribution in [1.29, 1.82) is 0 Å². The summed E-state index contributed by atoms with van der Waals surface area (Å²) < 4.78 is 28.3. The Morgan fingerprint density at radius 3 is 2.15 bits per heavy atom. The molecule has 0 aliphatic heterocycles. The second kappa shape index (κ2) is 13.0. The first-order valence-corrected chi connectivity index (χ1v) is 13.9. The number of carbonyl (C=O) groups is 2. The molecule has 0 saturated heterocycles. The van der Waals surface area contributed by atoms with Gasteiger partial charge in [-0.1, -0.05) is 61.5 Å². The van der Waals surface area contributed by atoms with Crippen LogP contribution in [-0.2, 0) is 26.2 Å². The standard InChI is InChI=1S/C28H32N4O6S/c1-4-21(2)29-28(34)22(3)30(19-23-12-7-5-8-13-23)27(33)20-31(24-14-11-15-25(18-24)32(35)36)39(37,38)26-16-9-6-10-17-26/h5-18,21-22H,4,19-20H2,1-3H3,(H,29,34)/t21-,22+/m1/s1.